The molecule has 2 atom stereocenters. The first-order valence-corrected chi connectivity index (χ1v) is 16.9. The summed E-state index contributed by atoms with van der Waals surface area (Å²) in [5, 5.41) is 0. The van der Waals surface area contributed by atoms with Crippen molar-refractivity contribution in [2.24, 2.45) is 0 Å². The summed E-state index contributed by atoms with van der Waals surface area (Å²) >= 11 is -0.826. The second-order valence-corrected chi connectivity index (χ2v) is 11.4. The van der Waals surface area contributed by atoms with Gasteiger partial charge in [0.15, 0.2) is 0 Å². The molecule has 0 radical (unpaired) electrons. The zero-order valence-corrected chi connectivity index (χ0v) is 22.3. The third kappa shape index (κ3) is 5.72. The van der Waals surface area contributed by atoms with E-state index in [1.54, 1.807) is 0 Å². The van der Waals surface area contributed by atoms with E-state index in [-0.39, 0.29) is 11.8 Å². The normalized spacial score (nSPS) is 16.7. The first kappa shape index (κ1) is 24.1. The van der Waals surface area contributed by atoms with Gasteiger partial charge in [0.2, 0.25) is 0 Å². The Balaban J connectivity index is 0.000000141. The van der Waals surface area contributed by atoms with Gasteiger partial charge < -0.3 is 8.83 Å². The number of halogens is 2. The van der Waals surface area contributed by atoms with Crippen LogP contribution in [0.4, 0.5) is 0 Å². The summed E-state index contributed by atoms with van der Waals surface area (Å²) in [6.45, 7) is 3.93. The molecule has 0 saturated heterocycles. The van der Waals surface area contributed by atoms with Gasteiger partial charge in [-0.15, -0.1) is 23.3 Å². The van der Waals surface area contributed by atoms with Crippen molar-refractivity contribution >= 4 is 29.2 Å². The summed E-state index contributed by atoms with van der Waals surface area (Å²) in [5.41, 5.74) is 5.06. The Morgan fingerprint density at radius 2 is 1.03 bits per heavy atom. The first-order chi connectivity index (χ1) is 16.1. The predicted molar refractivity (Wildman–Crippen MR) is 131 cm³/mol. The van der Waals surface area contributed by atoms with Gasteiger partial charge in [-0.1, -0.05) is 36.4 Å². The summed E-state index contributed by atoms with van der Waals surface area (Å²) in [5.74, 6) is 4.22. The van der Waals surface area contributed by atoms with Crippen LogP contribution in [0.1, 0.15) is 57.1 Å². The quantitative estimate of drug-likeness (QED) is 0.233. The molecule has 0 spiro atoms. The zero-order chi connectivity index (χ0) is 23.2. The van der Waals surface area contributed by atoms with Gasteiger partial charge in [0.25, 0.3) is 0 Å². The molecule has 2 nitrogen and oxygen atoms in total. The van der Waals surface area contributed by atoms with Gasteiger partial charge in [0, 0.05) is 0 Å². The Kier molecular flexibility index (Phi) is 8.31. The van der Waals surface area contributed by atoms with Crippen LogP contribution in [0.2, 0.25) is 0 Å². The van der Waals surface area contributed by atoms with E-state index in [0.717, 1.165) is 23.0 Å². The molecule has 0 N–H and O–H groups in total. The Bertz CT molecular complexity index is 1170. The van der Waals surface area contributed by atoms with Crippen LogP contribution in [0, 0.1) is 26.0 Å². The Hall–Kier alpha value is -2.06. The molecule has 2 heterocycles. The van der Waals surface area contributed by atoms with Crippen molar-refractivity contribution in [2.45, 2.75) is 25.7 Å². The topological polar surface area (TPSA) is 26.3 Å². The van der Waals surface area contributed by atoms with Crippen LogP contribution in [0.3, 0.4) is 0 Å². The van der Waals surface area contributed by atoms with Crippen molar-refractivity contribution in [2.75, 3.05) is 0 Å². The molecule has 0 aliphatic heterocycles. The molecule has 0 fully saturated rings. The monoisotopic (exact) mass is 550 g/mol. The number of aryl methyl sites for hydroxylation is 2. The molecule has 33 heavy (non-hydrogen) atoms. The minimum atomic E-state index is -0.826. The molecule has 164 valence electrons. The fourth-order valence-electron chi connectivity index (χ4n) is 4.02. The van der Waals surface area contributed by atoms with E-state index in [0.29, 0.717) is 0 Å². The predicted octanol–water partition coefficient (Wildman–Crippen LogP) is 8.48. The molecular weight excluding hydrogens is 530 g/mol. The second-order valence-electron chi connectivity index (χ2n) is 7.71. The minimum absolute atomic E-state index is 0.176. The van der Waals surface area contributed by atoms with Gasteiger partial charge in [-0.3, -0.25) is 12.2 Å². The van der Waals surface area contributed by atoms with Gasteiger partial charge in [-0.2, -0.15) is 11.1 Å². The van der Waals surface area contributed by atoms with Crippen molar-refractivity contribution < 1.29 is 29.7 Å². The van der Waals surface area contributed by atoms with Crippen molar-refractivity contribution in [1.82, 2.24) is 0 Å². The molecule has 0 bridgehead atoms. The van der Waals surface area contributed by atoms with E-state index >= 15 is 0 Å². The van der Waals surface area contributed by atoms with E-state index in [2.05, 4.69) is 48.6 Å². The van der Waals surface area contributed by atoms with E-state index < -0.39 is 20.8 Å². The van der Waals surface area contributed by atoms with Crippen molar-refractivity contribution in [1.29, 1.82) is 0 Å². The summed E-state index contributed by atoms with van der Waals surface area (Å²) in [6, 6.07) is 24.8. The molecule has 2 aliphatic rings. The summed E-state index contributed by atoms with van der Waals surface area (Å²) in [4.78, 5) is 0. The van der Waals surface area contributed by atoms with Gasteiger partial charge >= 0.3 is 37.9 Å². The molecule has 2 aromatic carbocycles. The van der Waals surface area contributed by atoms with Crippen LogP contribution in [-0.4, -0.2) is 0 Å². The van der Waals surface area contributed by atoms with Gasteiger partial charge in [-0.25, -0.2) is 12.2 Å². The standard InChI is InChI=1S/2C14H11O.2ClH.Zr/c2*1-10-6-9-14(15-10)13-8-7-11-4-2-3-5-12(11)13;;;/h2*2-7,9,13H,1H3;2*1H;/q2*-1;;;+4/p-2. The van der Waals surface area contributed by atoms with Crippen LogP contribution >= 0.6 is 17.0 Å². The number of furan rings is 2. The van der Waals surface area contributed by atoms with Crippen molar-refractivity contribution in [3.63, 3.8) is 0 Å². The Labute approximate surface area is 213 Å². The number of hydrogen-bond donors (Lipinski definition) is 0. The second kappa shape index (κ2) is 11.4. The van der Waals surface area contributed by atoms with Gasteiger partial charge in [0.05, 0.1) is 11.5 Å². The molecule has 2 aliphatic carbocycles. The van der Waals surface area contributed by atoms with Crippen LogP contribution < -0.4 is 0 Å². The molecule has 2 aromatic heterocycles. The van der Waals surface area contributed by atoms with E-state index in [4.69, 9.17) is 25.9 Å². The van der Waals surface area contributed by atoms with Crippen molar-refractivity contribution in [3.8, 4) is 0 Å². The molecule has 6 rings (SSSR count). The average molecular weight is 553 g/mol. The first-order valence-electron chi connectivity index (χ1n) is 10.6. The molecule has 0 amide bonds. The maximum absolute atomic E-state index is 5.64. The van der Waals surface area contributed by atoms with Crippen LogP contribution in [0.15, 0.2) is 81.6 Å². The fraction of sp³-hybridized carbons (Fsp3) is 0.143. The molecular formula is C28H22Cl2O2Zr. The Morgan fingerprint density at radius 1 is 0.636 bits per heavy atom. The van der Waals surface area contributed by atoms with Gasteiger partial charge in [-0.05, 0) is 49.9 Å². The number of hydrogen-bond acceptors (Lipinski definition) is 2. The number of benzene rings is 2. The molecule has 4 aromatic rings. The third-order valence-electron chi connectivity index (χ3n) is 5.52. The number of rotatable bonds is 2. The van der Waals surface area contributed by atoms with Crippen LogP contribution in [0.25, 0.3) is 12.2 Å². The van der Waals surface area contributed by atoms with E-state index in [1.807, 2.05) is 62.4 Å². The summed E-state index contributed by atoms with van der Waals surface area (Å²) in [6.07, 6.45) is 10.7. The maximum atomic E-state index is 5.64. The van der Waals surface area contributed by atoms with Gasteiger partial charge in [0.1, 0.15) is 11.5 Å². The SMILES string of the molecule is Cc1ccc(C2[C-]=Cc3ccccc32)o1.Cc1ccc(C2[C-]=Cc3ccccc32)o1.[Cl][Zr+2][Cl]. The van der Waals surface area contributed by atoms with E-state index in [9.17, 15) is 0 Å². The third-order valence-corrected chi connectivity index (χ3v) is 5.52. The number of allylic oxidation sites excluding steroid dienone is 2. The number of fused-ring (bicyclic) bond motifs is 2. The van der Waals surface area contributed by atoms with Crippen molar-refractivity contribution in [3.05, 3.63) is 130 Å². The van der Waals surface area contributed by atoms with Crippen LogP contribution in [-0.2, 0) is 20.8 Å². The van der Waals surface area contributed by atoms with Crippen LogP contribution in [0.5, 0.6) is 0 Å². The van der Waals surface area contributed by atoms with E-state index in [1.165, 1.54) is 22.3 Å². The average Bonchev–Trinajstić information content (AvgIpc) is 3.60. The molecule has 2 unspecified atom stereocenters. The summed E-state index contributed by atoms with van der Waals surface area (Å²) in [7, 11) is 9.87. The molecule has 5 heteroatoms. The Morgan fingerprint density at radius 3 is 1.39 bits per heavy atom. The fourth-order valence-corrected chi connectivity index (χ4v) is 4.02. The summed E-state index contributed by atoms with van der Waals surface area (Å²) < 4.78 is 11.3. The molecule has 0 saturated carbocycles. The zero-order valence-electron chi connectivity index (χ0n) is 18.3.